The van der Waals surface area contributed by atoms with Crippen molar-refractivity contribution in [3.05, 3.63) is 52.2 Å². The van der Waals surface area contributed by atoms with E-state index in [0.717, 1.165) is 16.2 Å². The van der Waals surface area contributed by atoms with Gasteiger partial charge >= 0.3 is 0 Å². The molecule has 0 aliphatic rings. The van der Waals surface area contributed by atoms with Crippen LogP contribution in [0.25, 0.3) is 11.6 Å². The lowest BCUT2D eigenvalue weighted by Gasteiger charge is -2.01. The van der Waals surface area contributed by atoms with Crippen molar-refractivity contribution in [2.24, 2.45) is 0 Å². The maximum absolute atomic E-state index is 9.16. The normalized spacial score (nSPS) is 10.9. The highest BCUT2D eigenvalue weighted by Gasteiger charge is 2.01. The average molecular weight is 241 g/mol. The van der Waals surface area contributed by atoms with Crippen LogP contribution in [0.3, 0.4) is 0 Å². The molecule has 84 valence electrons. The second kappa shape index (κ2) is 5.33. The number of nitrogens with zero attached hydrogens (tertiary/aromatic N) is 1. The number of thiophene rings is 1. The van der Waals surface area contributed by atoms with E-state index in [2.05, 4.69) is 6.07 Å². The fraction of sp³-hybridized carbons (Fsp3) is 0.0714. The number of nitriles is 1. The Labute approximate surface area is 104 Å². The number of methoxy groups -OCH3 is 1. The van der Waals surface area contributed by atoms with Gasteiger partial charge in [-0.05, 0) is 47.4 Å². The van der Waals surface area contributed by atoms with Crippen LogP contribution in [0.15, 0.2) is 41.8 Å². The molecule has 2 nitrogen and oxygen atoms in total. The monoisotopic (exact) mass is 241 g/mol. The number of benzene rings is 1. The molecule has 1 heterocycles. The second-order valence-electron chi connectivity index (χ2n) is 3.41. The van der Waals surface area contributed by atoms with Gasteiger partial charge in [-0.15, -0.1) is 11.3 Å². The minimum Gasteiger partial charge on any atom is -0.497 e. The van der Waals surface area contributed by atoms with Crippen molar-refractivity contribution in [2.75, 3.05) is 7.11 Å². The van der Waals surface area contributed by atoms with E-state index in [1.807, 2.05) is 47.9 Å². The molecule has 1 aromatic heterocycles. The summed E-state index contributed by atoms with van der Waals surface area (Å²) in [4.78, 5) is 1.08. The van der Waals surface area contributed by atoms with E-state index in [9.17, 15) is 0 Å². The first kappa shape index (κ1) is 11.4. The third-order valence-corrected chi connectivity index (χ3v) is 3.17. The Morgan fingerprint density at radius 3 is 2.59 bits per heavy atom. The first-order valence-electron chi connectivity index (χ1n) is 5.13. The molecule has 1 aromatic carbocycles. The lowest BCUT2D eigenvalue weighted by Crippen LogP contribution is -1.84. The first-order valence-corrected chi connectivity index (χ1v) is 6.01. The molecule has 0 fully saturated rings. The van der Waals surface area contributed by atoms with Crippen LogP contribution in [0.1, 0.15) is 10.4 Å². The van der Waals surface area contributed by atoms with E-state index in [-0.39, 0.29) is 0 Å². The smallest absolute Gasteiger partial charge is 0.118 e. The van der Waals surface area contributed by atoms with Gasteiger partial charge in [-0.2, -0.15) is 5.26 Å². The minimum atomic E-state index is 0.662. The summed E-state index contributed by atoms with van der Waals surface area (Å²) >= 11 is 1.62. The molecule has 0 bridgehead atoms. The number of rotatable bonds is 3. The van der Waals surface area contributed by atoms with E-state index < -0.39 is 0 Å². The third kappa shape index (κ3) is 2.74. The minimum absolute atomic E-state index is 0.662. The van der Waals surface area contributed by atoms with Crippen LogP contribution in [0.2, 0.25) is 0 Å². The van der Waals surface area contributed by atoms with Gasteiger partial charge in [-0.1, -0.05) is 6.07 Å². The van der Waals surface area contributed by atoms with Crippen LogP contribution >= 0.6 is 11.3 Å². The maximum Gasteiger partial charge on any atom is 0.118 e. The van der Waals surface area contributed by atoms with E-state index in [4.69, 9.17) is 10.00 Å². The van der Waals surface area contributed by atoms with Crippen molar-refractivity contribution < 1.29 is 4.74 Å². The van der Waals surface area contributed by atoms with Crippen LogP contribution in [-0.2, 0) is 0 Å². The standard InChI is InChI=1S/C14H11NOS/c1-16-13-6-4-11(5-7-13)12(10-15)9-14-3-2-8-17-14/h2-9H,1H3. The largest absolute Gasteiger partial charge is 0.497 e. The molecule has 0 aliphatic carbocycles. The molecule has 2 rings (SSSR count). The Morgan fingerprint density at radius 1 is 1.29 bits per heavy atom. The van der Waals surface area contributed by atoms with Gasteiger partial charge in [0, 0.05) is 4.88 Å². The van der Waals surface area contributed by atoms with Gasteiger partial charge in [-0.3, -0.25) is 0 Å². The number of hydrogen-bond acceptors (Lipinski definition) is 3. The van der Waals surface area contributed by atoms with Gasteiger partial charge in [0.2, 0.25) is 0 Å². The van der Waals surface area contributed by atoms with Gasteiger partial charge in [-0.25, -0.2) is 0 Å². The first-order chi connectivity index (χ1) is 8.33. The fourth-order valence-electron chi connectivity index (χ4n) is 1.47. The highest BCUT2D eigenvalue weighted by atomic mass is 32.1. The molecule has 0 spiro atoms. The summed E-state index contributed by atoms with van der Waals surface area (Å²) in [6.07, 6.45) is 1.90. The zero-order chi connectivity index (χ0) is 12.1. The Hall–Kier alpha value is -2.05. The molecule has 0 radical (unpaired) electrons. The molecule has 0 aliphatic heterocycles. The molecular formula is C14H11NOS. The molecule has 0 saturated heterocycles. The molecule has 17 heavy (non-hydrogen) atoms. The summed E-state index contributed by atoms with van der Waals surface area (Å²) in [6, 6.07) is 13.7. The van der Waals surface area contributed by atoms with Gasteiger partial charge in [0.1, 0.15) is 5.75 Å². The van der Waals surface area contributed by atoms with Crippen LogP contribution in [0.4, 0.5) is 0 Å². The zero-order valence-corrected chi connectivity index (χ0v) is 10.2. The Kier molecular flexibility index (Phi) is 3.59. The van der Waals surface area contributed by atoms with Gasteiger partial charge in [0.05, 0.1) is 18.8 Å². The van der Waals surface area contributed by atoms with Gasteiger partial charge < -0.3 is 4.74 Å². The van der Waals surface area contributed by atoms with E-state index >= 15 is 0 Å². The third-order valence-electron chi connectivity index (χ3n) is 2.35. The van der Waals surface area contributed by atoms with E-state index in [0.29, 0.717) is 5.57 Å². The molecule has 0 atom stereocenters. The topological polar surface area (TPSA) is 33.0 Å². The van der Waals surface area contributed by atoms with Crippen molar-refractivity contribution in [3.63, 3.8) is 0 Å². The Bertz CT molecular complexity index is 547. The Morgan fingerprint density at radius 2 is 2.06 bits per heavy atom. The quantitative estimate of drug-likeness (QED) is 0.765. The fourth-order valence-corrected chi connectivity index (χ4v) is 2.12. The van der Waals surface area contributed by atoms with Crippen LogP contribution in [0, 0.1) is 11.3 Å². The predicted octanol–water partition coefficient (Wildman–Crippen LogP) is 3.82. The van der Waals surface area contributed by atoms with Crippen molar-refractivity contribution in [2.45, 2.75) is 0 Å². The second-order valence-corrected chi connectivity index (χ2v) is 4.39. The number of hydrogen-bond donors (Lipinski definition) is 0. The van der Waals surface area contributed by atoms with Crippen LogP contribution in [0.5, 0.6) is 5.75 Å². The Balaban J connectivity index is 2.33. The van der Waals surface area contributed by atoms with E-state index in [1.54, 1.807) is 18.4 Å². The summed E-state index contributed by atoms with van der Waals surface area (Å²) in [6.45, 7) is 0. The summed E-state index contributed by atoms with van der Waals surface area (Å²) in [7, 11) is 1.63. The van der Waals surface area contributed by atoms with E-state index in [1.165, 1.54) is 0 Å². The molecular weight excluding hydrogens is 230 g/mol. The van der Waals surface area contributed by atoms with Gasteiger partial charge in [0.25, 0.3) is 0 Å². The van der Waals surface area contributed by atoms with Gasteiger partial charge in [0.15, 0.2) is 0 Å². The van der Waals surface area contributed by atoms with Crippen molar-refractivity contribution in [1.29, 1.82) is 5.26 Å². The molecule has 0 saturated carbocycles. The predicted molar refractivity (Wildman–Crippen MR) is 70.8 cm³/mol. The highest BCUT2D eigenvalue weighted by Crippen LogP contribution is 2.22. The number of allylic oxidation sites excluding steroid dienone is 1. The maximum atomic E-state index is 9.16. The van der Waals surface area contributed by atoms with Crippen LogP contribution < -0.4 is 4.74 Å². The highest BCUT2D eigenvalue weighted by molar-refractivity contribution is 7.10. The lowest BCUT2D eigenvalue weighted by molar-refractivity contribution is 0.415. The van der Waals surface area contributed by atoms with Crippen LogP contribution in [-0.4, -0.2) is 7.11 Å². The van der Waals surface area contributed by atoms with Crippen molar-refractivity contribution in [3.8, 4) is 11.8 Å². The number of ether oxygens (including phenoxy) is 1. The molecule has 0 amide bonds. The SMILES string of the molecule is COc1ccc(C(C#N)=Cc2cccs2)cc1. The molecule has 0 unspecified atom stereocenters. The summed E-state index contributed by atoms with van der Waals surface area (Å²) < 4.78 is 5.09. The summed E-state index contributed by atoms with van der Waals surface area (Å²) in [5, 5.41) is 11.2. The van der Waals surface area contributed by atoms with Crippen molar-refractivity contribution in [1.82, 2.24) is 0 Å². The average Bonchev–Trinajstić information content (AvgIpc) is 2.89. The molecule has 0 N–H and O–H groups in total. The van der Waals surface area contributed by atoms with Crippen molar-refractivity contribution >= 4 is 23.0 Å². The molecule has 2 aromatic rings. The summed E-state index contributed by atoms with van der Waals surface area (Å²) in [5.41, 5.74) is 1.57. The zero-order valence-electron chi connectivity index (χ0n) is 9.38. The lowest BCUT2D eigenvalue weighted by atomic mass is 10.1. The molecule has 3 heteroatoms. The summed E-state index contributed by atoms with van der Waals surface area (Å²) in [5.74, 6) is 0.794.